The SMILES string of the molecule is CCC(C)(C)c1ccc(C2OC(C(C)(C)CO)OCC23COC(C(C)(C)CO)OC3)c(C(C)(C)CC)c1.OP(O)O.OP(O)O. The summed E-state index contributed by atoms with van der Waals surface area (Å²) in [7, 11) is -5.24. The summed E-state index contributed by atoms with van der Waals surface area (Å²) in [5, 5.41) is 20.0. The van der Waals surface area contributed by atoms with Gasteiger partial charge in [0.05, 0.1) is 44.6 Å². The van der Waals surface area contributed by atoms with Gasteiger partial charge >= 0.3 is 17.2 Å². The number of hydrogen-bond acceptors (Lipinski definition) is 12. The van der Waals surface area contributed by atoms with Crippen LogP contribution in [-0.2, 0) is 29.8 Å². The Kier molecular flexibility index (Phi) is 16.4. The molecule has 2 unspecified atom stereocenters. The lowest BCUT2D eigenvalue weighted by atomic mass is 9.70. The molecule has 2 atom stereocenters. The maximum Gasteiger partial charge on any atom is 0.324 e. The Balaban J connectivity index is 0.00000113. The van der Waals surface area contributed by atoms with E-state index in [1.807, 2.05) is 27.7 Å². The van der Waals surface area contributed by atoms with Crippen LogP contribution in [0.15, 0.2) is 18.2 Å². The second-order valence-corrected chi connectivity index (χ2v) is 15.7. The van der Waals surface area contributed by atoms with Gasteiger partial charge in [-0.1, -0.05) is 87.4 Å². The monoisotopic (exact) mass is 684 g/mol. The van der Waals surface area contributed by atoms with Crippen molar-refractivity contribution >= 4 is 17.2 Å². The number of aliphatic hydroxyl groups is 2. The van der Waals surface area contributed by atoms with Crippen LogP contribution in [0.2, 0.25) is 0 Å². The van der Waals surface area contributed by atoms with Crippen LogP contribution in [0.3, 0.4) is 0 Å². The zero-order valence-corrected chi connectivity index (χ0v) is 30.3. The normalized spacial score (nSPS) is 24.7. The summed E-state index contributed by atoms with van der Waals surface area (Å²) in [6, 6.07) is 6.86. The van der Waals surface area contributed by atoms with Crippen molar-refractivity contribution in [2.24, 2.45) is 16.2 Å². The number of benzene rings is 1. The van der Waals surface area contributed by atoms with E-state index >= 15 is 0 Å². The number of hydrogen-bond donors (Lipinski definition) is 8. The molecule has 0 amide bonds. The van der Waals surface area contributed by atoms with Crippen LogP contribution in [0, 0.1) is 16.2 Å². The summed E-state index contributed by atoms with van der Waals surface area (Å²) in [5.41, 5.74) is 2.09. The highest BCUT2D eigenvalue weighted by Crippen LogP contribution is 2.51. The first kappa shape index (κ1) is 42.6. The van der Waals surface area contributed by atoms with E-state index < -0.39 is 46.0 Å². The molecule has 0 saturated carbocycles. The van der Waals surface area contributed by atoms with Crippen molar-refractivity contribution in [2.75, 3.05) is 33.0 Å². The van der Waals surface area contributed by atoms with Gasteiger partial charge in [0.15, 0.2) is 12.6 Å². The molecule has 0 bridgehead atoms. The van der Waals surface area contributed by atoms with E-state index in [2.05, 4.69) is 59.7 Å². The molecule has 2 aliphatic rings. The molecule has 45 heavy (non-hydrogen) atoms. The fraction of sp³-hybridized carbons (Fsp3) is 0.806. The summed E-state index contributed by atoms with van der Waals surface area (Å²) in [4.78, 5) is 43.4. The summed E-state index contributed by atoms with van der Waals surface area (Å²) in [5.74, 6) is 0. The first-order valence-corrected chi connectivity index (χ1v) is 17.6. The molecule has 2 fully saturated rings. The van der Waals surface area contributed by atoms with Crippen LogP contribution >= 0.6 is 17.2 Å². The summed E-state index contributed by atoms with van der Waals surface area (Å²) in [6.45, 7) is 22.6. The van der Waals surface area contributed by atoms with E-state index in [0.717, 1.165) is 18.4 Å². The van der Waals surface area contributed by atoms with Gasteiger partial charge in [-0.25, -0.2) is 0 Å². The van der Waals surface area contributed by atoms with Gasteiger partial charge in [0, 0.05) is 10.8 Å². The second-order valence-electron chi connectivity index (χ2n) is 14.6. The number of rotatable bonds is 9. The zero-order chi connectivity index (χ0) is 35.0. The Morgan fingerprint density at radius 2 is 1.09 bits per heavy atom. The van der Waals surface area contributed by atoms with Gasteiger partial charge in [-0.15, -0.1) is 0 Å². The maximum absolute atomic E-state index is 10.1. The molecule has 2 aliphatic heterocycles. The highest BCUT2D eigenvalue weighted by molar-refractivity contribution is 7.38. The van der Waals surface area contributed by atoms with Gasteiger partial charge < -0.3 is 58.5 Å². The lowest BCUT2D eigenvalue weighted by Crippen LogP contribution is -2.58. The first-order valence-electron chi connectivity index (χ1n) is 15.2. The molecule has 1 aromatic carbocycles. The largest absolute Gasteiger partial charge is 0.396 e. The van der Waals surface area contributed by atoms with Gasteiger partial charge in [0.1, 0.15) is 0 Å². The minimum Gasteiger partial charge on any atom is -0.396 e. The van der Waals surface area contributed by atoms with Crippen LogP contribution < -0.4 is 0 Å². The minimum absolute atomic E-state index is 0.0304. The maximum atomic E-state index is 10.1. The van der Waals surface area contributed by atoms with Crippen molar-refractivity contribution in [3.8, 4) is 0 Å². The summed E-state index contributed by atoms with van der Waals surface area (Å²) in [6.07, 6.45) is 0.623. The van der Waals surface area contributed by atoms with Crippen molar-refractivity contribution in [1.82, 2.24) is 0 Å². The van der Waals surface area contributed by atoms with Crippen molar-refractivity contribution in [2.45, 2.75) is 112 Å². The van der Waals surface area contributed by atoms with E-state index in [0.29, 0.717) is 19.8 Å². The Morgan fingerprint density at radius 1 is 0.689 bits per heavy atom. The smallest absolute Gasteiger partial charge is 0.324 e. The van der Waals surface area contributed by atoms with Gasteiger partial charge in [-0.3, -0.25) is 0 Å². The Labute approximate surface area is 271 Å². The third-order valence-electron chi connectivity index (χ3n) is 9.09. The molecule has 0 aliphatic carbocycles. The molecule has 8 N–H and O–H groups in total. The van der Waals surface area contributed by atoms with Crippen LogP contribution in [0.1, 0.15) is 105 Å². The molecule has 1 spiro atoms. The Morgan fingerprint density at radius 3 is 1.49 bits per heavy atom. The quantitative estimate of drug-likeness (QED) is 0.172. The standard InChI is InChI=1S/C31H52O6.2H3O3P/c1-11-27(3,4)21-13-14-22(23(15-21)28(5,6)12-2)24-31(20-36-26(37-24)30(9,10)17-33)18-34-25(35-19-31)29(7,8)16-32;2*1-4(2)3/h13-15,24-26,32-33H,11-12,16-20H2,1-10H3;2*1-3H. The van der Waals surface area contributed by atoms with Gasteiger partial charge in [-0.2, -0.15) is 0 Å². The van der Waals surface area contributed by atoms with E-state index in [1.165, 1.54) is 11.1 Å². The molecule has 3 rings (SSSR count). The molecule has 1 aromatic rings. The number of aliphatic hydroxyl groups excluding tert-OH is 2. The van der Waals surface area contributed by atoms with Crippen molar-refractivity contribution in [1.29, 1.82) is 0 Å². The van der Waals surface area contributed by atoms with Gasteiger partial charge in [0.25, 0.3) is 0 Å². The van der Waals surface area contributed by atoms with Crippen molar-refractivity contribution in [3.63, 3.8) is 0 Å². The summed E-state index contributed by atoms with van der Waals surface area (Å²) >= 11 is 0. The third-order valence-corrected chi connectivity index (χ3v) is 9.09. The average Bonchev–Trinajstić information content (AvgIpc) is 2.96. The van der Waals surface area contributed by atoms with Crippen LogP contribution in [-0.4, -0.2) is 85.2 Å². The van der Waals surface area contributed by atoms with Crippen LogP contribution in [0.4, 0.5) is 0 Å². The topological polar surface area (TPSA) is 199 Å². The highest BCUT2D eigenvalue weighted by atomic mass is 31.2. The predicted molar refractivity (Wildman–Crippen MR) is 174 cm³/mol. The fourth-order valence-corrected chi connectivity index (χ4v) is 5.03. The lowest BCUT2D eigenvalue weighted by molar-refractivity contribution is -0.362. The van der Waals surface area contributed by atoms with E-state index in [9.17, 15) is 10.2 Å². The Hall–Kier alpha value is -0.400. The van der Waals surface area contributed by atoms with Gasteiger partial charge in [0.2, 0.25) is 0 Å². The lowest BCUT2D eigenvalue weighted by Gasteiger charge is -2.53. The molecule has 2 heterocycles. The Bertz CT molecular complexity index is 1000. The van der Waals surface area contributed by atoms with E-state index in [-0.39, 0.29) is 30.1 Å². The molecule has 12 nitrogen and oxygen atoms in total. The molecule has 2 saturated heterocycles. The molecular weight excluding hydrogens is 626 g/mol. The second kappa shape index (κ2) is 17.3. The summed E-state index contributed by atoms with van der Waals surface area (Å²) < 4.78 is 25.7. The van der Waals surface area contributed by atoms with Crippen molar-refractivity contribution < 1.29 is 58.5 Å². The average molecular weight is 685 g/mol. The predicted octanol–water partition coefficient (Wildman–Crippen LogP) is 4.25. The molecule has 0 radical (unpaired) electrons. The molecular formula is C31H58O12P2. The van der Waals surface area contributed by atoms with Crippen LogP contribution in [0.25, 0.3) is 0 Å². The molecule has 264 valence electrons. The molecule has 14 heteroatoms. The fourth-order valence-electron chi connectivity index (χ4n) is 5.03. The first-order chi connectivity index (χ1) is 20.6. The third kappa shape index (κ3) is 11.6. The minimum atomic E-state index is -2.62. The van der Waals surface area contributed by atoms with Crippen LogP contribution in [0.5, 0.6) is 0 Å². The van der Waals surface area contributed by atoms with Gasteiger partial charge in [-0.05, 0) is 40.4 Å². The number of ether oxygens (including phenoxy) is 4. The van der Waals surface area contributed by atoms with E-state index in [1.54, 1.807) is 0 Å². The zero-order valence-electron chi connectivity index (χ0n) is 28.5. The molecule has 0 aromatic heterocycles. The van der Waals surface area contributed by atoms with Crippen molar-refractivity contribution in [3.05, 3.63) is 34.9 Å². The van der Waals surface area contributed by atoms with E-state index in [4.69, 9.17) is 48.3 Å². The highest BCUT2D eigenvalue weighted by Gasteiger charge is 2.54.